The summed E-state index contributed by atoms with van der Waals surface area (Å²) in [7, 11) is 1.53. The number of carbonyl (C=O) groups is 2. The Bertz CT molecular complexity index is 531. The monoisotopic (exact) mass is 308 g/mol. The molecule has 1 aromatic carbocycles. The van der Waals surface area contributed by atoms with Gasteiger partial charge < -0.3 is 20.5 Å². The topological polar surface area (TPSA) is 90.6 Å². The van der Waals surface area contributed by atoms with Crippen molar-refractivity contribution in [1.29, 1.82) is 0 Å². The number of hydrogen-bond acceptors (Lipinski definition) is 4. The molecule has 0 fully saturated rings. The predicted octanol–water partition coefficient (Wildman–Crippen LogP) is 1.72. The summed E-state index contributed by atoms with van der Waals surface area (Å²) in [5, 5.41) is 2.68. The summed E-state index contributed by atoms with van der Waals surface area (Å²) < 4.78 is 10.6. The van der Waals surface area contributed by atoms with E-state index in [0.29, 0.717) is 23.7 Å². The van der Waals surface area contributed by atoms with Crippen molar-refractivity contribution < 1.29 is 19.1 Å². The van der Waals surface area contributed by atoms with E-state index < -0.39 is 11.9 Å². The van der Waals surface area contributed by atoms with Gasteiger partial charge in [0.25, 0.3) is 5.91 Å². The van der Waals surface area contributed by atoms with Crippen LogP contribution in [0.4, 0.5) is 0 Å². The second-order valence-corrected chi connectivity index (χ2v) is 5.04. The maximum absolute atomic E-state index is 12.3. The van der Waals surface area contributed by atoms with Crippen LogP contribution in [0.5, 0.6) is 11.5 Å². The average Bonchev–Trinajstić information content (AvgIpc) is 2.51. The standard InChI is InChI=1S/C16H24N2O4/c1-5-10(3)14(15(17)19)18-16(20)11-7-8-12(21-4)13(9-11)22-6-2/h7-10,14H,5-6H2,1-4H3,(H2,17,19)(H,18,20). The molecule has 0 aromatic heterocycles. The highest BCUT2D eigenvalue weighted by atomic mass is 16.5. The van der Waals surface area contributed by atoms with E-state index in [0.717, 1.165) is 6.42 Å². The molecule has 0 saturated heterocycles. The quantitative estimate of drug-likeness (QED) is 0.765. The summed E-state index contributed by atoms with van der Waals surface area (Å²) in [6.45, 7) is 6.11. The number of benzene rings is 1. The lowest BCUT2D eigenvalue weighted by molar-refractivity contribution is -0.120. The van der Waals surface area contributed by atoms with Crippen LogP contribution in [-0.2, 0) is 4.79 Å². The van der Waals surface area contributed by atoms with Crippen LogP contribution in [0.1, 0.15) is 37.6 Å². The van der Waals surface area contributed by atoms with E-state index in [1.54, 1.807) is 18.2 Å². The highest BCUT2D eigenvalue weighted by molar-refractivity contribution is 5.97. The van der Waals surface area contributed by atoms with E-state index in [-0.39, 0.29) is 11.8 Å². The molecule has 2 unspecified atom stereocenters. The molecule has 22 heavy (non-hydrogen) atoms. The lowest BCUT2D eigenvalue weighted by atomic mass is 9.98. The Hall–Kier alpha value is -2.24. The van der Waals surface area contributed by atoms with Gasteiger partial charge >= 0.3 is 0 Å². The maximum Gasteiger partial charge on any atom is 0.252 e. The third-order valence-corrected chi connectivity index (χ3v) is 3.53. The zero-order chi connectivity index (χ0) is 16.7. The second-order valence-electron chi connectivity index (χ2n) is 5.04. The molecule has 0 aliphatic rings. The normalized spacial score (nSPS) is 13.1. The van der Waals surface area contributed by atoms with E-state index in [1.807, 2.05) is 20.8 Å². The van der Waals surface area contributed by atoms with Crippen LogP contribution in [0, 0.1) is 5.92 Å². The minimum Gasteiger partial charge on any atom is -0.493 e. The fourth-order valence-corrected chi connectivity index (χ4v) is 2.04. The second kappa shape index (κ2) is 8.26. The number of primary amides is 1. The Labute approximate surface area is 131 Å². The molecule has 0 radical (unpaired) electrons. The summed E-state index contributed by atoms with van der Waals surface area (Å²) in [6, 6.07) is 4.16. The van der Waals surface area contributed by atoms with Gasteiger partial charge in [-0.3, -0.25) is 9.59 Å². The van der Waals surface area contributed by atoms with Gasteiger partial charge in [0, 0.05) is 5.56 Å². The molecule has 1 rings (SSSR count). The zero-order valence-electron chi connectivity index (χ0n) is 13.5. The van der Waals surface area contributed by atoms with Gasteiger partial charge in [-0.05, 0) is 31.0 Å². The number of rotatable bonds is 8. The third-order valence-electron chi connectivity index (χ3n) is 3.53. The van der Waals surface area contributed by atoms with Crippen LogP contribution >= 0.6 is 0 Å². The fraction of sp³-hybridized carbons (Fsp3) is 0.500. The number of methoxy groups -OCH3 is 1. The molecule has 1 aromatic rings. The molecule has 0 heterocycles. The summed E-state index contributed by atoms with van der Waals surface area (Å²) in [6.07, 6.45) is 0.737. The van der Waals surface area contributed by atoms with Gasteiger partial charge in [-0.1, -0.05) is 20.3 Å². The first kappa shape index (κ1) is 17.8. The number of nitrogens with two attached hydrogens (primary N) is 1. The summed E-state index contributed by atoms with van der Waals surface area (Å²) in [5.74, 6) is 0.0867. The minimum absolute atomic E-state index is 0.0361. The Morgan fingerprint density at radius 3 is 2.45 bits per heavy atom. The SMILES string of the molecule is CCOc1cc(C(=O)NC(C(N)=O)C(C)CC)ccc1OC. The van der Waals surface area contributed by atoms with E-state index in [4.69, 9.17) is 15.2 Å². The largest absolute Gasteiger partial charge is 0.493 e. The first-order valence-electron chi connectivity index (χ1n) is 7.35. The van der Waals surface area contributed by atoms with Gasteiger partial charge in [0.05, 0.1) is 13.7 Å². The first-order valence-corrected chi connectivity index (χ1v) is 7.35. The van der Waals surface area contributed by atoms with Crippen molar-refractivity contribution >= 4 is 11.8 Å². The Kier molecular flexibility index (Phi) is 6.69. The lowest BCUT2D eigenvalue weighted by Crippen LogP contribution is -2.48. The van der Waals surface area contributed by atoms with Crippen LogP contribution in [0.15, 0.2) is 18.2 Å². The molecule has 6 heteroatoms. The third kappa shape index (κ3) is 4.38. The van der Waals surface area contributed by atoms with Crippen molar-refractivity contribution in [3.63, 3.8) is 0 Å². The molecule has 6 nitrogen and oxygen atoms in total. The van der Waals surface area contributed by atoms with Crippen LogP contribution in [0.2, 0.25) is 0 Å². The maximum atomic E-state index is 12.3. The Morgan fingerprint density at radius 1 is 1.27 bits per heavy atom. The zero-order valence-corrected chi connectivity index (χ0v) is 13.5. The molecule has 0 saturated carbocycles. The van der Waals surface area contributed by atoms with Crippen molar-refractivity contribution in [2.45, 2.75) is 33.2 Å². The molecule has 0 bridgehead atoms. The molecule has 2 atom stereocenters. The molecule has 0 aliphatic carbocycles. The van der Waals surface area contributed by atoms with Crippen molar-refractivity contribution in [1.82, 2.24) is 5.32 Å². The summed E-state index contributed by atoms with van der Waals surface area (Å²) in [4.78, 5) is 23.8. The van der Waals surface area contributed by atoms with Crippen LogP contribution in [-0.4, -0.2) is 31.6 Å². The highest BCUT2D eigenvalue weighted by Gasteiger charge is 2.24. The van der Waals surface area contributed by atoms with Crippen molar-refractivity contribution in [2.24, 2.45) is 11.7 Å². The van der Waals surface area contributed by atoms with Crippen LogP contribution in [0.25, 0.3) is 0 Å². The number of amides is 2. The number of hydrogen-bond donors (Lipinski definition) is 2. The van der Waals surface area contributed by atoms with Crippen molar-refractivity contribution in [3.05, 3.63) is 23.8 Å². The Balaban J connectivity index is 2.97. The van der Waals surface area contributed by atoms with Crippen LogP contribution < -0.4 is 20.5 Å². The predicted molar refractivity (Wildman–Crippen MR) is 84.1 cm³/mol. The molecule has 0 spiro atoms. The highest BCUT2D eigenvalue weighted by Crippen LogP contribution is 2.28. The molecule has 0 aliphatic heterocycles. The van der Waals surface area contributed by atoms with Gasteiger partial charge in [0.15, 0.2) is 11.5 Å². The molecule has 122 valence electrons. The van der Waals surface area contributed by atoms with Crippen molar-refractivity contribution in [2.75, 3.05) is 13.7 Å². The van der Waals surface area contributed by atoms with Crippen LogP contribution in [0.3, 0.4) is 0 Å². The van der Waals surface area contributed by atoms with E-state index >= 15 is 0 Å². The van der Waals surface area contributed by atoms with Gasteiger partial charge in [-0.25, -0.2) is 0 Å². The Morgan fingerprint density at radius 2 is 1.95 bits per heavy atom. The minimum atomic E-state index is -0.699. The van der Waals surface area contributed by atoms with Gasteiger partial charge in [-0.15, -0.1) is 0 Å². The molecular formula is C16H24N2O4. The molecule has 3 N–H and O–H groups in total. The lowest BCUT2D eigenvalue weighted by Gasteiger charge is -2.21. The fourth-order valence-electron chi connectivity index (χ4n) is 2.04. The van der Waals surface area contributed by atoms with E-state index in [1.165, 1.54) is 7.11 Å². The number of ether oxygens (including phenoxy) is 2. The molecule has 2 amide bonds. The van der Waals surface area contributed by atoms with Gasteiger partial charge in [0.1, 0.15) is 6.04 Å². The van der Waals surface area contributed by atoms with E-state index in [9.17, 15) is 9.59 Å². The van der Waals surface area contributed by atoms with Crippen molar-refractivity contribution in [3.8, 4) is 11.5 Å². The first-order chi connectivity index (χ1) is 10.4. The average molecular weight is 308 g/mol. The van der Waals surface area contributed by atoms with Gasteiger partial charge in [-0.2, -0.15) is 0 Å². The number of carbonyl (C=O) groups excluding carboxylic acids is 2. The summed E-state index contributed by atoms with van der Waals surface area (Å²) >= 11 is 0. The number of nitrogens with one attached hydrogen (secondary N) is 1. The molecular weight excluding hydrogens is 284 g/mol. The van der Waals surface area contributed by atoms with Gasteiger partial charge in [0.2, 0.25) is 5.91 Å². The smallest absolute Gasteiger partial charge is 0.252 e. The van der Waals surface area contributed by atoms with E-state index in [2.05, 4.69) is 5.32 Å². The summed E-state index contributed by atoms with van der Waals surface area (Å²) in [5.41, 5.74) is 5.75.